The van der Waals surface area contributed by atoms with Crippen LogP contribution >= 0.6 is 0 Å². The first-order valence-electron chi connectivity index (χ1n) is 8.62. The Hall–Kier alpha value is -0.930. The monoisotopic (exact) mass is 285 g/mol. The van der Waals surface area contributed by atoms with E-state index in [-0.39, 0.29) is 0 Å². The Labute approximate surface area is 128 Å². The summed E-state index contributed by atoms with van der Waals surface area (Å²) in [6.45, 7) is 2.43. The molecule has 3 nitrogen and oxygen atoms in total. The summed E-state index contributed by atoms with van der Waals surface area (Å²) in [6.07, 6.45) is 10.0. The van der Waals surface area contributed by atoms with Gasteiger partial charge in [-0.25, -0.2) is 0 Å². The molecule has 1 saturated carbocycles. The van der Waals surface area contributed by atoms with Gasteiger partial charge in [0.2, 0.25) is 0 Å². The summed E-state index contributed by atoms with van der Waals surface area (Å²) in [5.41, 5.74) is 4.69. The second kappa shape index (κ2) is 5.36. The second-order valence-electron chi connectivity index (χ2n) is 7.36. The number of aromatic nitrogens is 1. The molecular formula is C18H27N3. The van der Waals surface area contributed by atoms with Crippen molar-refractivity contribution in [1.82, 2.24) is 14.8 Å². The van der Waals surface area contributed by atoms with Crippen molar-refractivity contribution in [2.45, 2.75) is 56.5 Å². The fraction of sp³-hybridized carbons (Fsp3) is 0.722. The molecule has 2 fully saturated rings. The molecule has 0 radical (unpaired) electrons. The van der Waals surface area contributed by atoms with Gasteiger partial charge in [0.25, 0.3) is 0 Å². The average molecular weight is 285 g/mol. The third-order valence-electron chi connectivity index (χ3n) is 5.62. The predicted octanol–water partition coefficient (Wildman–Crippen LogP) is 2.97. The van der Waals surface area contributed by atoms with E-state index in [1.165, 1.54) is 50.9 Å². The average Bonchev–Trinajstić information content (AvgIpc) is 3.24. The molecule has 0 N–H and O–H groups in total. The zero-order chi connectivity index (χ0) is 14.4. The minimum absolute atomic E-state index is 0.671. The van der Waals surface area contributed by atoms with E-state index >= 15 is 0 Å². The Morgan fingerprint density at radius 1 is 1.24 bits per heavy atom. The molecule has 0 amide bonds. The molecule has 3 aliphatic rings. The van der Waals surface area contributed by atoms with Crippen molar-refractivity contribution in [3.05, 3.63) is 29.1 Å². The first-order valence-corrected chi connectivity index (χ1v) is 8.62. The van der Waals surface area contributed by atoms with Crippen LogP contribution in [0.4, 0.5) is 0 Å². The first kappa shape index (κ1) is 13.7. The molecule has 4 rings (SSSR count). The largest absolute Gasteiger partial charge is 0.309 e. The Bertz CT molecular complexity index is 521. The lowest BCUT2D eigenvalue weighted by Gasteiger charge is -2.36. The summed E-state index contributed by atoms with van der Waals surface area (Å²) in [5.74, 6) is 0.850. The number of rotatable bonds is 4. The highest BCUT2D eigenvalue weighted by molar-refractivity contribution is 5.40. The molecule has 21 heavy (non-hydrogen) atoms. The van der Waals surface area contributed by atoms with Gasteiger partial charge in [0.15, 0.2) is 0 Å². The fourth-order valence-corrected chi connectivity index (χ4v) is 4.41. The van der Waals surface area contributed by atoms with E-state index < -0.39 is 0 Å². The van der Waals surface area contributed by atoms with Crippen LogP contribution < -0.4 is 0 Å². The lowest BCUT2D eigenvalue weighted by molar-refractivity contribution is 0.165. The maximum absolute atomic E-state index is 4.71. The van der Waals surface area contributed by atoms with Crippen LogP contribution in [0.3, 0.4) is 0 Å². The lowest BCUT2D eigenvalue weighted by atomic mass is 9.90. The summed E-state index contributed by atoms with van der Waals surface area (Å²) in [6, 6.07) is 3.77. The zero-order valence-electron chi connectivity index (χ0n) is 13.4. The van der Waals surface area contributed by atoms with Crippen LogP contribution in [0, 0.1) is 0 Å². The van der Waals surface area contributed by atoms with E-state index in [1.54, 1.807) is 11.1 Å². The molecule has 2 atom stereocenters. The van der Waals surface area contributed by atoms with Crippen molar-refractivity contribution >= 4 is 0 Å². The fourth-order valence-electron chi connectivity index (χ4n) is 4.41. The minimum atomic E-state index is 0.671. The molecule has 114 valence electrons. The number of nitrogens with zero attached hydrogens (tertiary/aromatic N) is 3. The quantitative estimate of drug-likeness (QED) is 0.848. The van der Waals surface area contributed by atoms with E-state index in [9.17, 15) is 0 Å². The topological polar surface area (TPSA) is 19.4 Å². The smallest absolute Gasteiger partial charge is 0.0467 e. The van der Waals surface area contributed by atoms with E-state index in [4.69, 9.17) is 4.98 Å². The normalized spacial score (nSPS) is 28.7. The SMILES string of the molecule is CN(C)CC[C@@H]1CC[C@@H]2c3c(C4CC4)ccnc3CCN12. The maximum Gasteiger partial charge on any atom is 0.0467 e. The molecule has 1 aliphatic carbocycles. The van der Waals surface area contributed by atoms with Crippen molar-refractivity contribution in [1.29, 1.82) is 0 Å². The molecule has 0 unspecified atom stereocenters. The standard InChI is InChI=1S/C18H27N3/c1-20(2)11-8-14-5-6-17-18-15(13-3-4-13)7-10-19-16(18)9-12-21(14)17/h7,10,13-14,17H,3-6,8-9,11-12H2,1-2H3/t14-,17+/m0/s1. The molecular weight excluding hydrogens is 258 g/mol. The van der Waals surface area contributed by atoms with Crippen LogP contribution in [0.2, 0.25) is 0 Å². The van der Waals surface area contributed by atoms with Crippen LogP contribution in [-0.4, -0.2) is 48.0 Å². The van der Waals surface area contributed by atoms with Gasteiger partial charge in [-0.1, -0.05) is 0 Å². The number of hydrogen-bond acceptors (Lipinski definition) is 3. The van der Waals surface area contributed by atoms with Gasteiger partial charge in [0.05, 0.1) is 0 Å². The van der Waals surface area contributed by atoms with Crippen LogP contribution in [0.15, 0.2) is 12.3 Å². The molecule has 3 heteroatoms. The summed E-state index contributed by atoms with van der Waals surface area (Å²) in [5, 5.41) is 0. The Kier molecular flexibility index (Phi) is 3.50. The predicted molar refractivity (Wildman–Crippen MR) is 85.6 cm³/mol. The van der Waals surface area contributed by atoms with Gasteiger partial charge in [-0.3, -0.25) is 9.88 Å². The number of hydrogen-bond donors (Lipinski definition) is 0. The molecule has 1 aromatic rings. The van der Waals surface area contributed by atoms with Crippen LogP contribution in [0.25, 0.3) is 0 Å². The van der Waals surface area contributed by atoms with Gasteiger partial charge in [-0.05, 0) is 75.9 Å². The highest BCUT2D eigenvalue weighted by Crippen LogP contribution is 2.49. The second-order valence-corrected chi connectivity index (χ2v) is 7.36. The van der Waals surface area contributed by atoms with Gasteiger partial charge >= 0.3 is 0 Å². The van der Waals surface area contributed by atoms with Gasteiger partial charge in [0, 0.05) is 36.9 Å². The van der Waals surface area contributed by atoms with E-state index in [0.29, 0.717) is 6.04 Å². The Morgan fingerprint density at radius 3 is 2.86 bits per heavy atom. The van der Waals surface area contributed by atoms with Crippen LogP contribution in [-0.2, 0) is 6.42 Å². The summed E-state index contributed by atoms with van der Waals surface area (Å²) < 4.78 is 0. The lowest BCUT2D eigenvalue weighted by Crippen LogP contribution is -2.39. The van der Waals surface area contributed by atoms with Crippen molar-refractivity contribution in [2.75, 3.05) is 27.2 Å². The molecule has 1 saturated heterocycles. The molecule has 0 bridgehead atoms. The van der Waals surface area contributed by atoms with Crippen LogP contribution in [0.5, 0.6) is 0 Å². The Balaban J connectivity index is 1.59. The van der Waals surface area contributed by atoms with Gasteiger partial charge < -0.3 is 4.90 Å². The van der Waals surface area contributed by atoms with E-state index in [0.717, 1.165) is 18.4 Å². The van der Waals surface area contributed by atoms with Gasteiger partial charge in [-0.2, -0.15) is 0 Å². The summed E-state index contributed by atoms with van der Waals surface area (Å²) in [4.78, 5) is 9.84. The van der Waals surface area contributed by atoms with Crippen molar-refractivity contribution in [3.8, 4) is 0 Å². The third kappa shape index (κ3) is 2.51. The number of pyridine rings is 1. The van der Waals surface area contributed by atoms with Gasteiger partial charge in [-0.15, -0.1) is 0 Å². The summed E-state index contributed by atoms with van der Waals surface area (Å²) in [7, 11) is 4.38. The highest BCUT2D eigenvalue weighted by atomic mass is 15.2. The number of fused-ring (bicyclic) bond motifs is 3. The van der Waals surface area contributed by atoms with E-state index in [2.05, 4.69) is 36.2 Å². The summed E-state index contributed by atoms with van der Waals surface area (Å²) >= 11 is 0. The van der Waals surface area contributed by atoms with Crippen molar-refractivity contribution < 1.29 is 0 Å². The Morgan fingerprint density at radius 2 is 2.10 bits per heavy atom. The van der Waals surface area contributed by atoms with E-state index in [1.807, 2.05) is 0 Å². The van der Waals surface area contributed by atoms with Crippen molar-refractivity contribution in [2.24, 2.45) is 0 Å². The van der Waals surface area contributed by atoms with Crippen molar-refractivity contribution in [3.63, 3.8) is 0 Å². The molecule has 3 heterocycles. The molecule has 1 aromatic heterocycles. The highest BCUT2D eigenvalue weighted by Gasteiger charge is 2.41. The maximum atomic E-state index is 4.71. The minimum Gasteiger partial charge on any atom is -0.309 e. The molecule has 2 aliphatic heterocycles. The van der Waals surface area contributed by atoms with Crippen LogP contribution in [0.1, 0.15) is 60.9 Å². The third-order valence-corrected chi connectivity index (χ3v) is 5.62. The zero-order valence-corrected chi connectivity index (χ0v) is 13.4. The molecule has 0 spiro atoms. The first-order chi connectivity index (χ1) is 10.2. The van der Waals surface area contributed by atoms with Gasteiger partial charge in [0.1, 0.15) is 0 Å². The molecule has 0 aromatic carbocycles.